The molecule has 0 aromatic heterocycles. The van der Waals surface area contributed by atoms with Crippen molar-refractivity contribution >= 4 is 40.3 Å². The van der Waals surface area contributed by atoms with Crippen LogP contribution in [0.3, 0.4) is 0 Å². The molecule has 2 N–H and O–H groups in total. The number of nitrogens with one attached hydrogen (secondary N) is 2. The Bertz CT molecular complexity index is 552. The molecule has 0 aliphatic heterocycles. The van der Waals surface area contributed by atoms with Crippen molar-refractivity contribution in [2.24, 2.45) is 0 Å². The molecule has 0 radical (unpaired) electrons. The topological polar surface area (TPSA) is 24.1 Å². The van der Waals surface area contributed by atoms with E-state index in [0.29, 0.717) is 10.1 Å². The molecule has 0 aliphatic carbocycles. The molecular formula is C14H13ClN2S. The first kappa shape index (κ1) is 12.9. The molecule has 18 heavy (non-hydrogen) atoms. The summed E-state index contributed by atoms with van der Waals surface area (Å²) in [7, 11) is 0. The van der Waals surface area contributed by atoms with E-state index in [1.54, 1.807) is 0 Å². The maximum atomic E-state index is 6.04. The zero-order valence-corrected chi connectivity index (χ0v) is 11.5. The fourth-order valence-electron chi connectivity index (χ4n) is 1.48. The molecule has 2 nitrogen and oxygen atoms in total. The Labute approximate surface area is 117 Å². The normalized spacial score (nSPS) is 9.89. The van der Waals surface area contributed by atoms with Crippen LogP contribution in [0, 0.1) is 6.92 Å². The molecule has 0 heterocycles. The number of hydrogen-bond donors (Lipinski definition) is 2. The zero-order valence-electron chi connectivity index (χ0n) is 9.91. The van der Waals surface area contributed by atoms with Crippen LogP contribution in [0.5, 0.6) is 0 Å². The average Bonchev–Trinajstić information content (AvgIpc) is 2.35. The van der Waals surface area contributed by atoms with Crippen LogP contribution in [0.1, 0.15) is 5.56 Å². The van der Waals surface area contributed by atoms with Crippen molar-refractivity contribution < 1.29 is 0 Å². The molecule has 0 amide bonds. The van der Waals surface area contributed by atoms with Gasteiger partial charge in [0.05, 0.1) is 10.7 Å². The summed E-state index contributed by atoms with van der Waals surface area (Å²) in [6.07, 6.45) is 0. The van der Waals surface area contributed by atoms with Crippen molar-refractivity contribution in [2.45, 2.75) is 6.92 Å². The Balaban J connectivity index is 2.01. The lowest BCUT2D eigenvalue weighted by molar-refractivity contribution is 1.47. The molecule has 4 heteroatoms. The van der Waals surface area contributed by atoms with Gasteiger partial charge in [0, 0.05) is 5.69 Å². The number of hydrogen-bond acceptors (Lipinski definition) is 1. The van der Waals surface area contributed by atoms with Gasteiger partial charge in [0.15, 0.2) is 5.11 Å². The van der Waals surface area contributed by atoms with Crippen LogP contribution in [0.15, 0.2) is 48.5 Å². The van der Waals surface area contributed by atoms with E-state index >= 15 is 0 Å². The van der Waals surface area contributed by atoms with Gasteiger partial charge in [-0.25, -0.2) is 0 Å². The number of anilines is 2. The van der Waals surface area contributed by atoms with Gasteiger partial charge >= 0.3 is 0 Å². The molecule has 0 saturated heterocycles. The molecule has 0 fully saturated rings. The molecular weight excluding hydrogens is 264 g/mol. The minimum atomic E-state index is 0.520. The van der Waals surface area contributed by atoms with Gasteiger partial charge in [0.1, 0.15) is 0 Å². The van der Waals surface area contributed by atoms with E-state index in [9.17, 15) is 0 Å². The second kappa shape index (κ2) is 5.85. The Kier molecular flexibility index (Phi) is 4.18. The Hall–Kier alpha value is -1.58. The first-order chi connectivity index (χ1) is 8.65. The van der Waals surface area contributed by atoms with Crippen LogP contribution >= 0.6 is 23.8 Å². The summed E-state index contributed by atoms with van der Waals surface area (Å²) >= 11 is 11.3. The predicted octanol–water partition coefficient (Wildman–Crippen LogP) is 4.46. The fraction of sp³-hybridized carbons (Fsp3) is 0.0714. The lowest BCUT2D eigenvalue weighted by Gasteiger charge is -2.11. The van der Waals surface area contributed by atoms with Crippen molar-refractivity contribution in [3.63, 3.8) is 0 Å². The molecule has 0 unspecified atom stereocenters. The molecule has 2 aromatic rings. The van der Waals surface area contributed by atoms with E-state index in [-0.39, 0.29) is 0 Å². The van der Waals surface area contributed by atoms with Gasteiger partial charge in [-0.3, -0.25) is 0 Å². The summed E-state index contributed by atoms with van der Waals surface area (Å²) in [4.78, 5) is 0. The lowest BCUT2D eigenvalue weighted by Crippen LogP contribution is -2.19. The van der Waals surface area contributed by atoms with Crippen LogP contribution in [0.4, 0.5) is 11.4 Å². The third-order valence-corrected chi connectivity index (χ3v) is 2.97. The van der Waals surface area contributed by atoms with Crippen molar-refractivity contribution in [1.82, 2.24) is 0 Å². The van der Waals surface area contributed by atoms with Gasteiger partial charge < -0.3 is 10.6 Å². The smallest absolute Gasteiger partial charge is 0.175 e. The van der Waals surface area contributed by atoms with Gasteiger partial charge in [-0.05, 0) is 43.4 Å². The Morgan fingerprint density at radius 1 is 1.00 bits per heavy atom. The van der Waals surface area contributed by atoms with Gasteiger partial charge in [-0.1, -0.05) is 41.4 Å². The van der Waals surface area contributed by atoms with Crippen molar-refractivity contribution in [1.29, 1.82) is 0 Å². The molecule has 92 valence electrons. The van der Waals surface area contributed by atoms with E-state index in [1.807, 2.05) is 55.5 Å². The summed E-state index contributed by atoms with van der Waals surface area (Å²) < 4.78 is 0. The molecule has 2 rings (SSSR count). The number of halogens is 1. The number of aryl methyl sites for hydroxylation is 1. The van der Waals surface area contributed by atoms with Crippen LogP contribution in [-0.2, 0) is 0 Å². The molecule has 0 bridgehead atoms. The summed E-state index contributed by atoms with van der Waals surface area (Å²) in [5.74, 6) is 0. The third-order valence-electron chi connectivity index (χ3n) is 2.43. The minimum absolute atomic E-state index is 0.520. The third kappa shape index (κ3) is 3.45. The van der Waals surface area contributed by atoms with Gasteiger partial charge in [0.25, 0.3) is 0 Å². The summed E-state index contributed by atoms with van der Waals surface area (Å²) in [6, 6.07) is 15.5. The van der Waals surface area contributed by atoms with Crippen LogP contribution in [-0.4, -0.2) is 5.11 Å². The Morgan fingerprint density at radius 2 is 1.67 bits per heavy atom. The minimum Gasteiger partial charge on any atom is -0.332 e. The summed E-state index contributed by atoms with van der Waals surface area (Å²) in [6.45, 7) is 2.05. The standard InChI is InChI=1S/C14H13ClN2S/c1-10-6-8-11(9-7-10)16-14(18)17-13-5-3-2-4-12(13)15/h2-9H,1H3,(H2,16,17,18). The summed E-state index contributed by atoms with van der Waals surface area (Å²) in [5, 5.41) is 7.33. The average molecular weight is 277 g/mol. The van der Waals surface area contributed by atoms with E-state index < -0.39 is 0 Å². The van der Waals surface area contributed by atoms with Crippen molar-refractivity contribution in [3.8, 4) is 0 Å². The highest BCUT2D eigenvalue weighted by Gasteiger charge is 2.01. The number of benzene rings is 2. The number of rotatable bonds is 2. The second-order valence-corrected chi connectivity index (χ2v) is 4.74. The number of thiocarbonyl (C=S) groups is 1. The van der Waals surface area contributed by atoms with E-state index in [1.165, 1.54) is 5.56 Å². The quantitative estimate of drug-likeness (QED) is 0.792. The van der Waals surface area contributed by atoms with Crippen molar-refractivity contribution in [2.75, 3.05) is 10.6 Å². The van der Waals surface area contributed by atoms with Crippen molar-refractivity contribution in [3.05, 3.63) is 59.1 Å². The van der Waals surface area contributed by atoms with Crippen LogP contribution in [0.2, 0.25) is 5.02 Å². The lowest BCUT2D eigenvalue weighted by atomic mass is 10.2. The zero-order chi connectivity index (χ0) is 13.0. The number of para-hydroxylation sites is 1. The van der Waals surface area contributed by atoms with E-state index in [0.717, 1.165) is 11.4 Å². The SMILES string of the molecule is Cc1ccc(NC(=S)Nc2ccccc2Cl)cc1. The first-order valence-electron chi connectivity index (χ1n) is 5.54. The highest BCUT2D eigenvalue weighted by molar-refractivity contribution is 7.80. The van der Waals surface area contributed by atoms with Gasteiger partial charge in [0.2, 0.25) is 0 Å². The van der Waals surface area contributed by atoms with E-state index in [4.69, 9.17) is 23.8 Å². The highest BCUT2D eigenvalue weighted by Crippen LogP contribution is 2.20. The Morgan fingerprint density at radius 3 is 2.33 bits per heavy atom. The molecule has 2 aromatic carbocycles. The molecule has 0 saturated carbocycles. The van der Waals surface area contributed by atoms with E-state index in [2.05, 4.69) is 10.6 Å². The molecule has 0 atom stereocenters. The monoisotopic (exact) mass is 276 g/mol. The van der Waals surface area contributed by atoms with Crippen LogP contribution in [0.25, 0.3) is 0 Å². The van der Waals surface area contributed by atoms with Gasteiger partial charge in [-0.15, -0.1) is 0 Å². The molecule has 0 spiro atoms. The summed E-state index contributed by atoms with van der Waals surface area (Å²) in [5.41, 5.74) is 2.96. The highest BCUT2D eigenvalue weighted by atomic mass is 35.5. The second-order valence-electron chi connectivity index (χ2n) is 3.92. The predicted molar refractivity (Wildman–Crippen MR) is 82.5 cm³/mol. The maximum absolute atomic E-state index is 6.04. The maximum Gasteiger partial charge on any atom is 0.175 e. The van der Waals surface area contributed by atoms with Gasteiger partial charge in [-0.2, -0.15) is 0 Å². The first-order valence-corrected chi connectivity index (χ1v) is 6.33. The fourth-order valence-corrected chi connectivity index (χ4v) is 1.89. The molecule has 0 aliphatic rings. The van der Waals surface area contributed by atoms with Crippen LogP contribution < -0.4 is 10.6 Å². The largest absolute Gasteiger partial charge is 0.332 e.